The molecule has 5 heteroatoms. The highest BCUT2D eigenvalue weighted by Gasteiger charge is 2.30. The van der Waals surface area contributed by atoms with E-state index in [0.717, 1.165) is 6.92 Å². The van der Waals surface area contributed by atoms with E-state index in [0.29, 0.717) is 0 Å². The van der Waals surface area contributed by atoms with Crippen molar-refractivity contribution in [1.29, 1.82) is 0 Å². The molecule has 0 spiro atoms. The minimum atomic E-state index is -1.05. The Bertz CT molecular complexity index is 322. The van der Waals surface area contributed by atoms with Crippen LogP contribution in [0.1, 0.15) is 48.0 Å². The molecule has 17 heavy (non-hydrogen) atoms. The molecule has 0 amide bonds. The molecular formula is C12H20O5. The number of Topliss-reactive ketones (excluding diaryl/α,β-unsaturated/α-hetero) is 1. The lowest BCUT2D eigenvalue weighted by atomic mass is 10.0. The number of rotatable bonds is 4. The SMILES string of the molecule is CC(=O)C(=O)OC(C)(C)CC(=O)OC(C)(C)C. The van der Waals surface area contributed by atoms with Gasteiger partial charge in [-0.1, -0.05) is 0 Å². The molecule has 0 bridgehead atoms. The second-order valence-electron chi connectivity index (χ2n) is 5.47. The molecule has 0 fully saturated rings. The van der Waals surface area contributed by atoms with Crippen molar-refractivity contribution in [2.45, 2.75) is 59.2 Å². The van der Waals surface area contributed by atoms with Gasteiger partial charge >= 0.3 is 11.9 Å². The molecule has 0 aliphatic carbocycles. The van der Waals surface area contributed by atoms with E-state index in [1.807, 2.05) is 0 Å². The Hall–Kier alpha value is -1.39. The van der Waals surface area contributed by atoms with Crippen LogP contribution >= 0.6 is 0 Å². The molecule has 0 N–H and O–H groups in total. The first-order chi connectivity index (χ1) is 7.43. The maximum Gasteiger partial charge on any atom is 0.374 e. The number of hydrogen-bond acceptors (Lipinski definition) is 5. The zero-order chi connectivity index (χ0) is 13.9. The van der Waals surface area contributed by atoms with Crippen molar-refractivity contribution < 1.29 is 23.9 Å². The minimum Gasteiger partial charge on any atom is -0.460 e. The Morgan fingerprint density at radius 1 is 0.941 bits per heavy atom. The zero-order valence-electron chi connectivity index (χ0n) is 11.2. The molecule has 0 aromatic carbocycles. The Labute approximate surface area is 101 Å². The molecule has 0 aliphatic rings. The average molecular weight is 244 g/mol. The Morgan fingerprint density at radius 2 is 1.41 bits per heavy atom. The lowest BCUT2D eigenvalue weighted by Crippen LogP contribution is -2.35. The molecule has 0 aromatic heterocycles. The van der Waals surface area contributed by atoms with Crippen LogP contribution in [0.4, 0.5) is 0 Å². The highest BCUT2D eigenvalue weighted by Crippen LogP contribution is 2.18. The monoisotopic (exact) mass is 244 g/mol. The average Bonchev–Trinajstić information content (AvgIpc) is 1.96. The first-order valence-corrected chi connectivity index (χ1v) is 5.39. The lowest BCUT2D eigenvalue weighted by Gasteiger charge is -2.26. The van der Waals surface area contributed by atoms with Crippen molar-refractivity contribution >= 4 is 17.7 Å². The molecule has 0 heterocycles. The summed E-state index contributed by atoms with van der Waals surface area (Å²) in [6.07, 6.45) is -0.0940. The maximum atomic E-state index is 11.5. The number of hydrogen-bond donors (Lipinski definition) is 0. The van der Waals surface area contributed by atoms with E-state index >= 15 is 0 Å². The smallest absolute Gasteiger partial charge is 0.374 e. The third-order valence-electron chi connectivity index (χ3n) is 1.65. The largest absolute Gasteiger partial charge is 0.460 e. The summed E-state index contributed by atoms with van der Waals surface area (Å²) in [5.74, 6) is -2.11. The topological polar surface area (TPSA) is 69.7 Å². The number of carbonyl (C=O) groups excluding carboxylic acids is 3. The fraction of sp³-hybridized carbons (Fsp3) is 0.750. The summed E-state index contributed by atoms with van der Waals surface area (Å²) >= 11 is 0. The van der Waals surface area contributed by atoms with Gasteiger partial charge in [-0.2, -0.15) is 0 Å². The summed E-state index contributed by atoms with van der Waals surface area (Å²) in [4.78, 5) is 33.4. The lowest BCUT2D eigenvalue weighted by molar-refractivity contribution is -0.170. The molecule has 5 nitrogen and oxygen atoms in total. The van der Waals surface area contributed by atoms with E-state index in [4.69, 9.17) is 9.47 Å². The van der Waals surface area contributed by atoms with Crippen LogP contribution in [-0.4, -0.2) is 28.9 Å². The van der Waals surface area contributed by atoms with Crippen molar-refractivity contribution in [1.82, 2.24) is 0 Å². The maximum absolute atomic E-state index is 11.5. The van der Waals surface area contributed by atoms with Crippen LogP contribution in [0.2, 0.25) is 0 Å². The Kier molecular flexibility index (Phi) is 4.86. The van der Waals surface area contributed by atoms with Gasteiger partial charge < -0.3 is 9.47 Å². The van der Waals surface area contributed by atoms with Crippen molar-refractivity contribution in [3.8, 4) is 0 Å². The van der Waals surface area contributed by atoms with Gasteiger partial charge in [-0.15, -0.1) is 0 Å². The van der Waals surface area contributed by atoms with Crippen LogP contribution in [0.5, 0.6) is 0 Å². The molecule has 0 saturated heterocycles. The predicted molar refractivity (Wildman–Crippen MR) is 61.3 cm³/mol. The third kappa shape index (κ3) is 7.49. The molecule has 0 atom stereocenters. The summed E-state index contributed by atoms with van der Waals surface area (Å²) < 4.78 is 10.00. The highest BCUT2D eigenvalue weighted by molar-refractivity contribution is 6.32. The van der Waals surface area contributed by atoms with Gasteiger partial charge in [0.05, 0.1) is 6.42 Å². The fourth-order valence-corrected chi connectivity index (χ4v) is 1.08. The van der Waals surface area contributed by atoms with Gasteiger partial charge in [-0.05, 0) is 34.6 Å². The van der Waals surface area contributed by atoms with Crippen molar-refractivity contribution in [3.63, 3.8) is 0 Å². The van der Waals surface area contributed by atoms with E-state index in [1.54, 1.807) is 34.6 Å². The molecule has 0 aliphatic heterocycles. The first-order valence-electron chi connectivity index (χ1n) is 5.39. The molecule has 0 rings (SSSR count). The number of esters is 2. The highest BCUT2D eigenvalue weighted by atomic mass is 16.6. The third-order valence-corrected chi connectivity index (χ3v) is 1.65. The zero-order valence-corrected chi connectivity index (χ0v) is 11.2. The van der Waals surface area contributed by atoms with Gasteiger partial charge in [0.15, 0.2) is 0 Å². The van der Waals surface area contributed by atoms with Gasteiger partial charge in [0, 0.05) is 6.92 Å². The van der Waals surface area contributed by atoms with Crippen molar-refractivity contribution in [2.24, 2.45) is 0 Å². The normalized spacial score (nSPS) is 11.9. The van der Waals surface area contributed by atoms with Crippen LogP contribution in [-0.2, 0) is 23.9 Å². The number of ether oxygens (including phenoxy) is 2. The fourth-order valence-electron chi connectivity index (χ4n) is 1.08. The van der Waals surface area contributed by atoms with E-state index in [-0.39, 0.29) is 6.42 Å². The second kappa shape index (κ2) is 5.29. The molecular weight excluding hydrogens is 224 g/mol. The van der Waals surface area contributed by atoms with E-state index in [2.05, 4.69) is 0 Å². The molecule has 0 radical (unpaired) electrons. The summed E-state index contributed by atoms with van der Waals surface area (Å²) in [5.41, 5.74) is -1.64. The summed E-state index contributed by atoms with van der Waals surface area (Å²) in [5, 5.41) is 0. The Morgan fingerprint density at radius 3 is 1.76 bits per heavy atom. The molecule has 98 valence electrons. The van der Waals surface area contributed by atoms with Gasteiger partial charge in [0.2, 0.25) is 5.78 Å². The number of ketones is 1. The van der Waals surface area contributed by atoms with Gasteiger partial charge in [0.1, 0.15) is 11.2 Å². The molecule has 0 saturated carbocycles. The van der Waals surface area contributed by atoms with Crippen LogP contribution in [0.15, 0.2) is 0 Å². The van der Waals surface area contributed by atoms with E-state index in [9.17, 15) is 14.4 Å². The van der Waals surface area contributed by atoms with E-state index < -0.39 is 28.9 Å². The van der Waals surface area contributed by atoms with Gasteiger partial charge in [0.25, 0.3) is 0 Å². The Balaban J connectivity index is 4.40. The van der Waals surface area contributed by atoms with Crippen LogP contribution in [0.3, 0.4) is 0 Å². The summed E-state index contributed by atoms with van der Waals surface area (Å²) in [6, 6.07) is 0. The molecule has 0 aromatic rings. The van der Waals surface area contributed by atoms with Crippen LogP contribution in [0, 0.1) is 0 Å². The summed E-state index contributed by atoms with van der Waals surface area (Å²) in [6.45, 7) is 9.47. The van der Waals surface area contributed by atoms with Crippen LogP contribution < -0.4 is 0 Å². The summed E-state index contributed by atoms with van der Waals surface area (Å²) in [7, 11) is 0. The van der Waals surface area contributed by atoms with Crippen LogP contribution in [0.25, 0.3) is 0 Å². The van der Waals surface area contributed by atoms with Gasteiger partial charge in [-0.25, -0.2) is 4.79 Å². The second-order valence-corrected chi connectivity index (χ2v) is 5.47. The number of carbonyl (C=O) groups is 3. The van der Waals surface area contributed by atoms with Crippen molar-refractivity contribution in [3.05, 3.63) is 0 Å². The standard InChI is InChI=1S/C12H20O5/c1-8(13)10(15)17-12(5,6)7-9(14)16-11(2,3)4/h7H2,1-6H3. The van der Waals surface area contributed by atoms with Crippen molar-refractivity contribution in [2.75, 3.05) is 0 Å². The predicted octanol–water partition coefficient (Wildman–Crippen LogP) is 1.63. The minimum absolute atomic E-state index is 0.0940. The van der Waals surface area contributed by atoms with Gasteiger partial charge in [-0.3, -0.25) is 9.59 Å². The first kappa shape index (κ1) is 15.6. The quantitative estimate of drug-likeness (QED) is 0.555. The molecule has 0 unspecified atom stereocenters. The van der Waals surface area contributed by atoms with E-state index in [1.165, 1.54) is 0 Å².